The molecule has 1 aliphatic heterocycles. The summed E-state index contributed by atoms with van der Waals surface area (Å²) >= 11 is 1.66. The predicted molar refractivity (Wildman–Crippen MR) is 97.4 cm³/mol. The van der Waals surface area contributed by atoms with Gasteiger partial charge in [-0.3, -0.25) is 9.69 Å². The van der Waals surface area contributed by atoms with Crippen LogP contribution in [0.3, 0.4) is 0 Å². The van der Waals surface area contributed by atoms with E-state index in [2.05, 4.69) is 11.1 Å². The Balaban J connectivity index is 1.53. The van der Waals surface area contributed by atoms with Crippen molar-refractivity contribution < 1.29 is 13.2 Å². The molecule has 140 valence electrons. The van der Waals surface area contributed by atoms with Crippen molar-refractivity contribution in [3.8, 4) is 10.4 Å². The Labute approximate surface area is 157 Å². The maximum atomic E-state index is 12.9. The molecule has 27 heavy (non-hydrogen) atoms. The van der Waals surface area contributed by atoms with Crippen molar-refractivity contribution in [1.82, 2.24) is 14.9 Å². The Hall–Kier alpha value is -2.45. The van der Waals surface area contributed by atoms with Gasteiger partial charge >= 0.3 is 6.18 Å². The van der Waals surface area contributed by atoms with Gasteiger partial charge in [0.25, 0.3) is 5.56 Å². The first kappa shape index (κ1) is 17.9. The molecule has 0 saturated carbocycles. The molecular formula is C19H16F3N3OS. The SMILES string of the molecule is O=c1[nH]c(C(F)(F)F)nc2c1CCN(Cc1ccc(-c3ccccc3)s1)C2. The third-order valence-electron chi connectivity index (χ3n) is 4.52. The Bertz CT molecular complexity index is 1010. The molecule has 1 aliphatic rings. The highest BCUT2D eigenvalue weighted by Gasteiger charge is 2.36. The summed E-state index contributed by atoms with van der Waals surface area (Å²) in [5.74, 6) is -1.23. The number of nitrogens with one attached hydrogen (secondary N) is 1. The Kier molecular flexibility index (Phi) is 4.61. The Morgan fingerprint density at radius 3 is 2.67 bits per heavy atom. The first-order valence-corrected chi connectivity index (χ1v) is 9.27. The van der Waals surface area contributed by atoms with E-state index in [9.17, 15) is 18.0 Å². The van der Waals surface area contributed by atoms with Gasteiger partial charge in [-0.2, -0.15) is 13.2 Å². The highest BCUT2D eigenvalue weighted by Crippen LogP contribution is 2.30. The van der Waals surface area contributed by atoms with Gasteiger partial charge in [-0.1, -0.05) is 30.3 Å². The molecule has 0 aliphatic carbocycles. The number of fused-ring (bicyclic) bond motifs is 1. The van der Waals surface area contributed by atoms with Gasteiger partial charge in [-0.05, 0) is 24.1 Å². The lowest BCUT2D eigenvalue weighted by molar-refractivity contribution is -0.145. The highest BCUT2D eigenvalue weighted by atomic mass is 32.1. The molecule has 2 aromatic heterocycles. The quantitative estimate of drug-likeness (QED) is 0.732. The summed E-state index contributed by atoms with van der Waals surface area (Å²) in [7, 11) is 0. The molecule has 4 rings (SSSR count). The molecule has 1 aromatic carbocycles. The third kappa shape index (κ3) is 3.81. The van der Waals surface area contributed by atoms with Crippen LogP contribution in [0.4, 0.5) is 13.2 Å². The molecule has 4 nitrogen and oxygen atoms in total. The average molecular weight is 391 g/mol. The molecule has 3 heterocycles. The fourth-order valence-corrected chi connectivity index (χ4v) is 4.26. The van der Waals surface area contributed by atoms with Gasteiger partial charge in [0, 0.05) is 35.0 Å². The summed E-state index contributed by atoms with van der Waals surface area (Å²) in [5.41, 5.74) is 1.03. The molecule has 0 amide bonds. The van der Waals surface area contributed by atoms with E-state index < -0.39 is 17.6 Å². The van der Waals surface area contributed by atoms with E-state index in [1.165, 1.54) is 0 Å². The molecule has 1 N–H and O–H groups in total. The summed E-state index contributed by atoms with van der Waals surface area (Å²) in [6, 6.07) is 14.1. The molecule has 0 radical (unpaired) electrons. The molecule has 0 unspecified atom stereocenters. The summed E-state index contributed by atoms with van der Waals surface area (Å²) in [5, 5.41) is 0. The lowest BCUT2D eigenvalue weighted by Gasteiger charge is -2.27. The molecule has 0 spiro atoms. The average Bonchev–Trinajstić information content (AvgIpc) is 3.10. The number of aromatic nitrogens is 2. The van der Waals surface area contributed by atoms with Gasteiger partial charge in [-0.25, -0.2) is 4.98 Å². The minimum atomic E-state index is -4.66. The number of thiophene rings is 1. The van der Waals surface area contributed by atoms with Crippen molar-refractivity contribution in [3.05, 3.63) is 74.8 Å². The van der Waals surface area contributed by atoms with Crippen LogP contribution in [0.1, 0.15) is 22.0 Å². The topological polar surface area (TPSA) is 49.0 Å². The largest absolute Gasteiger partial charge is 0.449 e. The number of H-pyrrole nitrogens is 1. The summed E-state index contributed by atoms with van der Waals surface area (Å²) in [4.78, 5) is 21.8. The second-order valence-corrected chi connectivity index (χ2v) is 7.60. The molecule has 0 atom stereocenters. The van der Waals surface area contributed by atoms with Crippen LogP contribution in [-0.2, 0) is 25.7 Å². The van der Waals surface area contributed by atoms with Gasteiger partial charge in [0.05, 0.1) is 5.69 Å². The second-order valence-electron chi connectivity index (χ2n) is 6.43. The molecule has 0 bridgehead atoms. The molecule has 0 fully saturated rings. The zero-order valence-corrected chi connectivity index (χ0v) is 15.0. The summed E-state index contributed by atoms with van der Waals surface area (Å²) in [6.45, 7) is 1.47. The van der Waals surface area contributed by atoms with E-state index in [0.717, 1.165) is 15.3 Å². The predicted octanol–water partition coefficient (Wildman–Crippen LogP) is 4.08. The zero-order chi connectivity index (χ0) is 19.0. The van der Waals surface area contributed by atoms with Gasteiger partial charge in [0.15, 0.2) is 0 Å². The number of nitrogens with zero attached hydrogens (tertiary/aromatic N) is 2. The number of rotatable bonds is 3. The van der Waals surface area contributed by atoms with Crippen LogP contribution in [0, 0.1) is 0 Å². The molecule has 3 aromatic rings. The minimum Gasteiger partial charge on any atom is -0.303 e. The van der Waals surface area contributed by atoms with Crippen molar-refractivity contribution in [1.29, 1.82) is 0 Å². The molecule has 0 saturated heterocycles. The zero-order valence-electron chi connectivity index (χ0n) is 14.2. The van der Waals surface area contributed by atoms with Crippen LogP contribution >= 0.6 is 11.3 Å². The lowest BCUT2D eigenvalue weighted by atomic mass is 10.1. The minimum absolute atomic E-state index is 0.220. The number of alkyl halides is 3. The maximum absolute atomic E-state index is 12.9. The fourth-order valence-electron chi connectivity index (χ4n) is 3.20. The van der Waals surface area contributed by atoms with E-state index in [0.29, 0.717) is 25.1 Å². The first-order valence-electron chi connectivity index (χ1n) is 8.46. The molecule has 8 heteroatoms. The van der Waals surface area contributed by atoms with Crippen molar-refractivity contribution in [2.45, 2.75) is 25.7 Å². The van der Waals surface area contributed by atoms with Gasteiger partial charge in [0.2, 0.25) is 5.82 Å². The number of benzene rings is 1. The normalized spacial score (nSPS) is 14.9. The summed E-state index contributed by atoms with van der Waals surface area (Å²) < 4.78 is 38.7. The third-order valence-corrected chi connectivity index (χ3v) is 5.64. The lowest BCUT2D eigenvalue weighted by Crippen LogP contribution is -2.36. The number of hydrogen-bond donors (Lipinski definition) is 1. The smallest absolute Gasteiger partial charge is 0.303 e. The number of aromatic amines is 1. The van der Waals surface area contributed by atoms with Crippen molar-refractivity contribution >= 4 is 11.3 Å². The second kappa shape index (κ2) is 6.94. The van der Waals surface area contributed by atoms with Gasteiger partial charge < -0.3 is 4.98 Å². The van der Waals surface area contributed by atoms with E-state index in [4.69, 9.17) is 0 Å². The van der Waals surface area contributed by atoms with E-state index in [-0.39, 0.29) is 12.2 Å². The van der Waals surface area contributed by atoms with E-state index in [1.54, 1.807) is 11.3 Å². The number of hydrogen-bond acceptors (Lipinski definition) is 4. The van der Waals surface area contributed by atoms with Gasteiger partial charge in [0.1, 0.15) is 0 Å². The van der Waals surface area contributed by atoms with E-state index in [1.807, 2.05) is 46.3 Å². The van der Waals surface area contributed by atoms with Crippen LogP contribution in [0.2, 0.25) is 0 Å². The van der Waals surface area contributed by atoms with Crippen LogP contribution in [0.5, 0.6) is 0 Å². The Morgan fingerprint density at radius 2 is 1.93 bits per heavy atom. The molecular weight excluding hydrogens is 375 g/mol. The van der Waals surface area contributed by atoms with Crippen LogP contribution < -0.4 is 5.56 Å². The van der Waals surface area contributed by atoms with Crippen molar-refractivity contribution in [2.24, 2.45) is 0 Å². The van der Waals surface area contributed by atoms with E-state index >= 15 is 0 Å². The maximum Gasteiger partial charge on any atom is 0.449 e. The fraction of sp³-hybridized carbons (Fsp3) is 0.263. The van der Waals surface area contributed by atoms with Crippen molar-refractivity contribution in [3.63, 3.8) is 0 Å². The van der Waals surface area contributed by atoms with Crippen LogP contribution in [0.25, 0.3) is 10.4 Å². The van der Waals surface area contributed by atoms with Gasteiger partial charge in [-0.15, -0.1) is 11.3 Å². The summed E-state index contributed by atoms with van der Waals surface area (Å²) in [6.07, 6.45) is -4.26. The first-order chi connectivity index (χ1) is 12.9. The monoisotopic (exact) mass is 391 g/mol. The van der Waals surface area contributed by atoms with Crippen molar-refractivity contribution in [2.75, 3.05) is 6.54 Å². The number of halogens is 3. The highest BCUT2D eigenvalue weighted by molar-refractivity contribution is 7.15. The standard InChI is InChI=1S/C19H16F3N3OS/c20-19(21,22)18-23-15-11-25(9-8-14(15)17(26)24-18)10-13-6-7-16(27-13)12-4-2-1-3-5-12/h1-7H,8-11H2,(H,23,24,26). The Morgan fingerprint density at radius 1 is 1.15 bits per heavy atom. The van der Waals surface area contributed by atoms with Crippen LogP contribution in [0.15, 0.2) is 47.3 Å². The van der Waals surface area contributed by atoms with Crippen LogP contribution in [-0.4, -0.2) is 21.4 Å².